The number of carbonyl (C=O) groups is 1. The monoisotopic (exact) mass is 631 g/mol. The number of aromatic carboxylic acids is 1. The van der Waals surface area contributed by atoms with E-state index in [1.807, 2.05) is 102 Å². The number of hydrogen-bond acceptors (Lipinski definition) is 7. The quantitative estimate of drug-likeness (QED) is 0.140. The number of methoxy groups -OCH3 is 3. The maximum atomic E-state index is 13.0. The zero-order chi connectivity index (χ0) is 33.5. The highest BCUT2D eigenvalue weighted by Crippen LogP contribution is 2.43. The van der Waals surface area contributed by atoms with Crippen LogP contribution in [0.1, 0.15) is 57.6 Å². The van der Waals surface area contributed by atoms with E-state index in [1.54, 1.807) is 25.9 Å². The highest BCUT2D eigenvalue weighted by molar-refractivity contribution is 6.01. The Labute approximate surface area is 271 Å². The fourth-order valence-corrected chi connectivity index (χ4v) is 5.31. The average molecular weight is 632 g/mol. The standard InChI is InChI=1S/C37H45NO8/c1-22(2)44-30-14-11-26(19-32(30)42-8)28-21-38(17-16-25-10-13-29(41-7)34(18-25)46-24(5)6)36(37(39)40)35(28)27-12-15-31(45-23(3)4)33(20-27)43-9/h10-15,18-24H,16-17H2,1-9H3,(H,39,40). The van der Waals surface area contributed by atoms with Gasteiger partial charge in [-0.1, -0.05) is 18.2 Å². The molecule has 1 heterocycles. The smallest absolute Gasteiger partial charge is 0.353 e. The van der Waals surface area contributed by atoms with Crippen LogP contribution in [0.5, 0.6) is 34.5 Å². The molecule has 0 aliphatic heterocycles. The number of benzene rings is 3. The fraction of sp³-hybridized carbons (Fsp3) is 0.378. The van der Waals surface area contributed by atoms with Crippen LogP contribution in [-0.4, -0.2) is 55.3 Å². The molecule has 4 aromatic rings. The van der Waals surface area contributed by atoms with Crippen LogP contribution in [0.2, 0.25) is 0 Å². The molecule has 0 spiro atoms. The Kier molecular flexibility index (Phi) is 11.1. The van der Waals surface area contributed by atoms with Crippen molar-refractivity contribution in [3.05, 3.63) is 72.1 Å². The van der Waals surface area contributed by atoms with E-state index in [-0.39, 0.29) is 24.0 Å². The summed E-state index contributed by atoms with van der Waals surface area (Å²) in [7, 11) is 4.77. The number of carboxylic acid groups (broad SMARTS) is 1. The van der Waals surface area contributed by atoms with Gasteiger partial charge in [-0.05, 0) is 101 Å². The first kappa shape index (κ1) is 34.1. The van der Waals surface area contributed by atoms with Crippen LogP contribution in [-0.2, 0) is 13.0 Å². The van der Waals surface area contributed by atoms with Gasteiger partial charge in [-0.25, -0.2) is 4.79 Å². The van der Waals surface area contributed by atoms with Crippen molar-refractivity contribution >= 4 is 5.97 Å². The molecule has 3 aromatic carbocycles. The number of aromatic nitrogens is 1. The number of aryl methyl sites for hydroxylation is 2. The highest BCUT2D eigenvalue weighted by atomic mass is 16.5. The van der Waals surface area contributed by atoms with E-state index in [4.69, 9.17) is 28.4 Å². The largest absolute Gasteiger partial charge is 0.493 e. The van der Waals surface area contributed by atoms with Gasteiger partial charge in [-0.15, -0.1) is 0 Å². The Morgan fingerprint density at radius 3 is 1.67 bits per heavy atom. The van der Waals surface area contributed by atoms with E-state index >= 15 is 0 Å². The Hall–Kier alpha value is -4.79. The van der Waals surface area contributed by atoms with Crippen molar-refractivity contribution in [2.75, 3.05) is 21.3 Å². The van der Waals surface area contributed by atoms with Crippen LogP contribution in [0.15, 0.2) is 60.8 Å². The summed E-state index contributed by atoms with van der Waals surface area (Å²) in [5.74, 6) is 2.49. The summed E-state index contributed by atoms with van der Waals surface area (Å²) in [4.78, 5) is 13.0. The molecule has 0 radical (unpaired) electrons. The third-order valence-corrected chi connectivity index (χ3v) is 7.17. The lowest BCUT2D eigenvalue weighted by Gasteiger charge is -2.16. The minimum absolute atomic E-state index is 0.0269. The molecule has 0 saturated carbocycles. The molecule has 4 rings (SSSR count). The summed E-state index contributed by atoms with van der Waals surface area (Å²) in [5, 5.41) is 10.7. The second-order valence-corrected chi connectivity index (χ2v) is 11.7. The van der Waals surface area contributed by atoms with E-state index in [0.29, 0.717) is 58.6 Å². The third-order valence-electron chi connectivity index (χ3n) is 7.17. The van der Waals surface area contributed by atoms with Crippen molar-refractivity contribution in [1.29, 1.82) is 0 Å². The van der Waals surface area contributed by atoms with Gasteiger partial charge in [0.1, 0.15) is 5.69 Å². The molecule has 9 heteroatoms. The Bertz CT molecular complexity index is 1650. The summed E-state index contributed by atoms with van der Waals surface area (Å²) in [6, 6.07) is 16.9. The van der Waals surface area contributed by atoms with Crippen molar-refractivity contribution < 1.29 is 38.3 Å². The summed E-state index contributed by atoms with van der Waals surface area (Å²) >= 11 is 0. The fourth-order valence-electron chi connectivity index (χ4n) is 5.31. The molecule has 0 unspecified atom stereocenters. The molecule has 1 N–H and O–H groups in total. The molecule has 0 amide bonds. The molecule has 0 aliphatic carbocycles. The zero-order valence-corrected chi connectivity index (χ0v) is 28.2. The first-order chi connectivity index (χ1) is 21.9. The summed E-state index contributed by atoms with van der Waals surface area (Å²) < 4.78 is 36.5. The predicted octanol–water partition coefficient (Wildman–Crippen LogP) is 8.15. The maximum absolute atomic E-state index is 13.0. The molecule has 246 valence electrons. The molecule has 1 aromatic heterocycles. The minimum Gasteiger partial charge on any atom is -0.493 e. The summed E-state index contributed by atoms with van der Waals surface area (Å²) in [6.45, 7) is 12.1. The van der Waals surface area contributed by atoms with Gasteiger partial charge in [0.25, 0.3) is 0 Å². The normalized spacial score (nSPS) is 11.2. The van der Waals surface area contributed by atoms with Crippen molar-refractivity contribution in [1.82, 2.24) is 4.57 Å². The van der Waals surface area contributed by atoms with Crippen LogP contribution in [0.25, 0.3) is 22.3 Å². The lowest BCUT2D eigenvalue weighted by Crippen LogP contribution is -2.11. The van der Waals surface area contributed by atoms with E-state index in [1.165, 1.54) is 0 Å². The maximum Gasteiger partial charge on any atom is 0.353 e. The van der Waals surface area contributed by atoms with Crippen LogP contribution in [0, 0.1) is 0 Å². The molecule has 9 nitrogen and oxygen atoms in total. The predicted molar refractivity (Wildman–Crippen MR) is 179 cm³/mol. The molecule has 0 saturated heterocycles. The van der Waals surface area contributed by atoms with Crippen molar-refractivity contribution in [2.45, 2.75) is 72.8 Å². The molecule has 0 bridgehead atoms. The van der Waals surface area contributed by atoms with E-state index < -0.39 is 5.97 Å². The number of hydrogen-bond donors (Lipinski definition) is 1. The topological polar surface area (TPSA) is 97.6 Å². The summed E-state index contributed by atoms with van der Waals surface area (Å²) in [5.41, 5.74) is 3.88. The number of rotatable bonds is 15. The molecular formula is C37H45NO8. The van der Waals surface area contributed by atoms with Gasteiger partial charge >= 0.3 is 5.97 Å². The second-order valence-electron chi connectivity index (χ2n) is 11.7. The van der Waals surface area contributed by atoms with Gasteiger partial charge in [0.15, 0.2) is 34.5 Å². The SMILES string of the molecule is COc1cc(-c2cn(CCc3ccc(OC)c(OC(C)C)c3)c(C(=O)O)c2-c2ccc(OC(C)C)c(OC)c2)ccc1OC(C)C. The van der Waals surface area contributed by atoms with Crippen molar-refractivity contribution in [2.24, 2.45) is 0 Å². The Morgan fingerprint density at radius 1 is 0.652 bits per heavy atom. The van der Waals surface area contributed by atoms with Gasteiger partial charge in [-0.2, -0.15) is 0 Å². The Morgan fingerprint density at radius 2 is 1.15 bits per heavy atom. The van der Waals surface area contributed by atoms with E-state index in [2.05, 4.69) is 0 Å². The molecule has 46 heavy (non-hydrogen) atoms. The van der Waals surface area contributed by atoms with Crippen molar-refractivity contribution in [3.8, 4) is 56.8 Å². The van der Waals surface area contributed by atoms with Crippen LogP contribution in [0.4, 0.5) is 0 Å². The van der Waals surface area contributed by atoms with E-state index in [9.17, 15) is 9.90 Å². The number of ether oxygens (including phenoxy) is 6. The Balaban J connectivity index is 1.87. The van der Waals surface area contributed by atoms with Gasteiger partial charge in [-0.3, -0.25) is 0 Å². The first-order valence-corrected chi connectivity index (χ1v) is 15.5. The molecule has 0 atom stereocenters. The first-order valence-electron chi connectivity index (χ1n) is 15.5. The van der Waals surface area contributed by atoms with Gasteiger partial charge < -0.3 is 38.1 Å². The minimum atomic E-state index is -1.05. The third kappa shape index (κ3) is 7.88. The van der Waals surface area contributed by atoms with Gasteiger partial charge in [0, 0.05) is 23.9 Å². The van der Waals surface area contributed by atoms with Gasteiger partial charge in [0.2, 0.25) is 0 Å². The van der Waals surface area contributed by atoms with E-state index in [0.717, 1.165) is 16.7 Å². The lowest BCUT2D eigenvalue weighted by atomic mass is 9.96. The van der Waals surface area contributed by atoms with Crippen molar-refractivity contribution in [3.63, 3.8) is 0 Å². The average Bonchev–Trinajstić information content (AvgIpc) is 3.39. The molecular weight excluding hydrogens is 586 g/mol. The summed E-state index contributed by atoms with van der Waals surface area (Å²) in [6.07, 6.45) is 2.31. The highest BCUT2D eigenvalue weighted by Gasteiger charge is 2.26. The number of carboxylic acids is 1. The van der Waals surface area contributed by atoms with Crippen LogP contribution < -0.4 is 28.4 Å². The van der Waals surface area contributed by atoms with Crippen LogP contribution in [0.3, 0.4) is 0 Å². The zero-order valence-electron chi connectivity index (χ0n) is 28.2. The number of nitrogens with zero attached hydrogens (tertiary/aromatic N) is 1. The molecule has 0 fully saturated rings. The van der Waals surface area contributed by atoms with Gasteiger partial charge in [0.05, 0.1) is 39.6 Å². The lowest BCUT2D eigenvalue weighted by molar-refractivity contribution is 0.0686. The van der Waals surface area contributed by atoms with Crippen LogP contribution >= 0.6 is 0 Å². The second kappa shape index (κ2) is 15.0. The molecule has 0 aliphatic rings.